The molecule has 2 rings (SSSR count). The fourth-order valence-corrected chi connectivity index (χ4v) is 1.62. The molecular formula is C11H12ClN5O2. The number of aromatic nitrogens is 3. The standard InChI is InChI=1S/C11H12ClN5O2/c1-13-9-4-7(8(12)5-15-9)11(18)14-3-2-10-16-6-17-19-10/h4-6H,2-3H2,1H3,(H,13,15)(H,14,18). The lowest BCUT2D eigenvalue weighted by molar-refractivity contribution is 0.0953. The number of hydrogen-bond acceptors (Lipinski definition) is 6. The Labute approximate surface area is 114 Å². The van der Waals surface area contributed by atoms with Gasteiger partial charge in [0.05, 0.1) is 10.6 Å². The Hall–Kier alpha value is -2.15. The topological polar surface area (TPSA) is 92.9 Å². The normalized spacial score (nSPS) is 10.2. The van der Waals surface area contributed by atoms with Crippen molar-refractivity contribution in [3.05, 3.63) is 35.1 Å². The molecule has 7 nitrogen and oxygen atoms in total. The van der Waals surface area contributed by atoms with E-state index in [2.05, 4.69) is 25.8 Å². The van der Waals surface area contributed by atoms with E-state index in [9.17, 15) is 4.79 Å². The summed E-state index contributed by atoms with van der Waals surface area (Å²) in [5.41, 5.74) is 0.367. The number of pyridine rings is 1. The maximum Gasteiger partial charge on any atom is 0.253 e. The van der Waals surface area contributed by atoms with Crippen molar-refractivity contribution in [3.63, 3.8) is 0 Å². The van der Waals surface area contributed by atoms with E-state index >= 15 is 0 Å². The maximum atomic E-state index is 11.9. The van der Waals surface area contributed by atoms with Crippen LogP contribution in [0.15, 0.2) is 23.1 Å². The Morgan fingerprint density at radius 2 is 2.32 bits per heavy atom. The van der Waals surface area contributed by atoms with Gasteiger partial charge in [0.1, 0.15) is 5.82 Å². The Morgan fingerprint density at radius 1 is 1.47 bits per heavy atom. The zero-order valence-corrected chi connectivity index (χ0v) is 10.9. The van der Waals surface area contributed by atoms with E-state index < -0.39 is 0 Å². The molecule has 0 unspecified atom stereocenters. The van der Waals surface area contributed by atoms with E-state index in [0.29, 0.717) is 35.3 Å². The SMILES string of the molecule is CNc1cc(C(=O)NCCc2ncno2)c(Cl)cn1. The van der Waals surface area contributed by atoms with Crippen molar-refractivity contribution in [2.45, 2.75) is 6.42 Å². The van der Waals surface area contributed by atoms with Gasteiger partial charge in [-0.1, -0.05) is 16.8 Å². The minimum Gasteiger partial charge on any atom is -0.373 e. The lowest BCUT2D eigenvalue weighted by Crippen LogP contribution is -2.26. The van der Waals surface area contributed by atoms with Crippen LogP contribution < -0.4 is 10.6 Å². The summed E-state index contributed by atoms with van der Waals surface area (Å²) in [5, 5.41) is 9.35. The monoisotopic (exact) mass is 281 g/mol. The summed E-state index contributed by atoms with van der Waals surface area (Å²) in [6.07, 6.45) is 3.21. The molecule has 2 aromatic rings. The van der Waals surface area contributed by atoms with Gasteiger partial charge in [-0.3, -0.25) is 4.79 Å². The average Bonchev–Trinajstić information content (AvgIpc) is 2.92. The molecule has 0 aliphatic heterocycles. The van der Waals surface area contributed by atoms with Crippen LogP contribution in [-0.4, -0.2) is 34.6 Å². The van der Waals surface area contributed by atoms with Gasteiger partial charge in [0, 0.05) is 26.2 Å². The summed E-state index contributed by atoms with van der Waals surface area (Å²) in [5.74, 6) is 0.770. The fraction of sp³-hybridized carbons (Fsp3) is 0.273. The predicted molar refractivity (Wildman–Crippen MR) is 69.1 cm³/mol. The van der Waals surface area contributed by atoms with Gasteiger partial charge in [0.15, 0.2) is 6.33 Å². The molecule has 2 aromatic heterocycles. The lowest BCUT2D eigenvalue weighted by Gasteiger charge is -2.07. The van der Waals surface area contributed by atoms with Gasteiger partial charge in [-0.2, -0.15) is 4.98 Å². The Kier molecular flexibility index (Phi) is 4.30. The van der Waals surface area contributed by atoms with Crippen LogP contribution in [0.1, 0.15) is 16.2 Å². The van der Waals surface area contributed by atoms with Crippen LogP contribution in [0.2, 0.25) is 5.02 Å². The second-order valence-electron chi connectivity index (χ2n) is 3.64. The fourth-order valence-electron chi connectivity index (χ4n) is 1.43. The van der Waals surface area contributed by atoms with Crippen molar-refractivity contribution in [2.75, 3.05) is 18.9 Å². The number of hydrogen-bond donors (Lipinski definition) is 2. The third-order valence-corrected chi connectivity index (χ3v) is 2.69. The summed E-state index contributed by atoms with van der Waals surface area (Å²) in [6.45, 7) is 0.383. The van der Waals surface area contributed by atoms with Crippen molar-refractivity contribution in [3.8, 4) is 0 Å². The van der Waals surface area contributed by atoms with Crippen LogP contribution in [0.25, 0.3) is 0 Å². The zero-order valence-electron chi connectivity index (χ0n) is 10.2. The molecule has 0 radical (unpaired) electrons. The van der Waals surface area contributed by atoms with Crippen molar-refractivity contribution < 1.29 is 9.32 Å². The number of rotatable bonds is 5. The minimum absolute atomic E-state index is 0.275. The number of anilines is 1. The summed E-state index contributed by atoms with van der Waals surface area (Å²) in [4.78, 5) is 19.8. The molecule has 0 fully saturated rings. The van der Waals surface area contributed by atoms with E-state index in [4.69, 9.17) is 16.1 Å². The first-order valence-corrected chi connectivity index (χ1v) is 5.95. The first kappa shape index (κ1) is 13.3. The molecular weight excluding hydrogens is 270 g/mol. The number of carbonyl (C=O) groups is 1. The molecule has 100 valence electrons. The highest BCUT2D eigenvalue weighted by molar-refractivity contribution is 6.33. The number of nitrogens with one attached hydrogen (secondary N) is 2. The van der Waals surface area contributed by atoms with Gasteiger partial charge < -0.3 is 15.2 Å². The summed E-state index contributed by atoms with van der Waals surface area (Å²) >= 11 is 5.93. The molecule has 0 aliphatic carbocycles. The van der Waals surface area contributed by atoms with Crippen molar-refractivity contribution >= 4 is 23.3 Å². The number of halogens is 1. The second kappa shape index (κ2) is 6.14. The molecule has 19 heavy (non-hydrogen) atoms. The van der Waals surface area contributed by atoms with E-state index in [1.54, 1.807) is 13.1 Å². The first-order valence-electron chi connectivity index (χ1n) is 5.57. The van der Waals surface area contributed by atoms with Gasteiger partial charge in [0.2, 0.25) is 5.89 Å². The van der Waals surface area contributed by atoms with E-state index in [1.165, 1.54) is 12.5 Å². The van der Waals surface area contributed by atoms with Crippen LogP contribution in [-0.2, 0) is 6.42 Å². The highest BCUT2D eigenvalue weighted by atomic mass is 35.5. The lowest BCUT2D eigenvalue weighted by atomic mass is 10.2. The molecule has 2 N–H and O–H groups in total. The third kappa shape index (κ3) is 3.41. The number of nitrogens with zero attached hydrogens (tertiary/aromatic N) is 3. The molecule has 0 atom stereocenters. The Balaban J connectivity index is 1.95. The molecule has 0 aliphatic rings. The molecule has 2 heterocycles. The number of carbonyl (C=O) groups excluding carboxylic acids is 1. The van der Waals surface area contributed by atoms with Gasteiger partial charge in [-0.05, 0) is 6.07 Å². The van der Waals surface area contributed by atoms with Crippen LogP contribution >= 0.6 is 11.6 Å². The minimum atomic E-state index is -0.275. The van der Waals surface area contributed by atoms with Gasteiger partial charge in [0.25, 0.3) is 5.91 Å². The van der Waals surface area contributed by atoms with Crippen LogP contribution in [0.3, 0.4) is 0 Å². The zero-order chi connectivity index (χ0) is 13.7. The highest BCUT2D eigenvalue weighted by Crippen LogP contribution is 2.17. The van der Waals surface area contributed by atoms with E-state index in [-0.39, 0.29) is 5.91 Å². The molecule has 0 spiro atoms. The highest BCUT2D eigenvalue weighted by Gasteiger charge is 2.11. The average molecular weight is 282 g/mol. The van der Waals surface area contributed by atoms with Crippen LogP contribution in [0.4, 0.5) is 5.82 Å². The maximum absolute atomic E-state index is 11.9. The quantitative estimate of drug-likeness (QED) is 0.853. The van der Waals surface area contributed by atoms with Crippen molar-refractivity contribution in [2.24, 2.45) is 0 Å². The van der Waals surface area contributed by atoms with Gasteiger partial charge in [-0.15, -0.1) is 0 Å². The molecule has 0 saturated carbocycles. The molecule has 8 heteroatoms. The van der Waals surface area contributed by atoms with Gasteiger partial charge in [-0.25, -0.2) is 4.98 Å². The Bertz CT molecular complexity index is 558. The van der Waals surface area contributed by atoms with Crippen LogP contribution in [0, 0.1) is 0 Å². The first-order chi connectivity index (χ1) is 9.20. The largest absolute Gasteiger partial charge is 0.373 e. The van der Waals surface area contributed by atoms with E-state index in [1.807, 2.05) is 0 Å². The van der Waals surface area contributed by atoms with E-state index in [0.717, 1.165) is 0 Å². The Morgan fingerprint density at radius 3 is 3.00 bits per heavy atom. The smallest absolute Gasteiger partial charge is 0.253 e. The van der Waals surface area contributed by atoms with Crippen LogP contribution in [0.5, 0.6) is 0 Å². The summed E-state index contributed by atoms with van der Waals surface area (Å²) in [7, 11) is 1.72. The molecule has 0 bridgehead atoms. The third-order valence-electron chi connectivity index (χ3n) is 2.39. The summed E-state index contributed by atoms with van der Waals surface area (Å²) in [6, 6.07) is 1.59. The summed E-state index contributed by atoms with van der Waals surface area (Å²) < 4.78 is 4.82. The second-order valence-corrected chi connectivity index (χ2v) is 4.05. The van der Waals surface area contributed by atoms with Crippen molar-refractivity contribution in [1.82, 2.24) is 20.4 Å². The van der Waals surface area contributed by atoms with Gasteiger partial charge >= 0.3 is 0 Å². The molecule has 0 aromatic carbocycles. The predicted octanol–water partition coefficient (Wildman–Crippen LogP) is 1.13. The molecule has 0 saturated heterocycles. The molecule has 1 amide bonds. The number of amides is 1. The van der Waals surface area contributed by atoms with Crippen molar-refractivity contribution in [1.29, 1.82) is 0 Å².